The minimum atomic E-state index is -0.00178. The minimum absolute atomic E-state index is 0.00178. The van der Waals surface area contributed by atoms with Gasteiger partial charge in [0.15, 0.2) is 0 Å². The van der Waals surface area contributed by atoms with Crippen LogP contribution in [0.25, 0.3) is 10.8 Å². The lowest BCUT2D eigenvalue weighted by Crippen LogP contribution is -2.14. The third-order valence-electron chi connectivity index (χ3n) is 3.67. The fourth-order valence-corrected chi connectivity index (χ4v) is 2.79. The fraction of sp³-hybridized carbons (Fsp3) is 0.105. The van der Waals surface area contributed by atoms with E-state index in [-0.39, 0.29) is 5.91 Å². The minimum Gasteiger partial charge on any atom is -0.326 e. The van der Waals surface area contributed by atoms with E-state index in [4.69, 9.17) is 0 Å². The summed E-state index contributed by atoms with van der Waals surface area (Å²) < 4.78 is 1.04. The first-order chi connectivity index (χ1) is 10.6. The lowest BCUT2D eigenvalue weighted by Gasteiger charge is -2.09. The van der Waals surface area contributed by atoms with Crippen molar-refractivity contribution in [2.45, 2.75) is 13.3 Å². The summed E-state index contributed by atoms with van der Waals surface area (Å²) in [5, 5.41) is 5.25. The molecule has 0 radical (unpaired) electrons. The molecule has 1 N–H and O–H groups in total. The van der Waals surface area contributed by atoms with Gasteiger partial charge in [-0.05, 0) is 47.0 Å². The molecule has 3 aromatic carbocycles. The summed E-state index contributed by atoms with van der Waals surface area (Å²) in [6, 6.07) is 20.0. The molecule has 3 rings (SSSR count). The van der Waals surface area contributed by atoms with Gasteiger partial charge >= 0.3 is 0 Å². The maximum absolute atomic E-state index is 12.3. The van der Waals surface area contributed by atoms with E-state index >= 15 is 0 Å². The quantitative estimate of drug-likeness (QED) is 0.697. The van der Waals surface area contributed by atoms with Crippen molar-refractivity contribution >= 4 is 38.3 Å². The number of carbonyl (C=O) groups is 1. The molecule has 1 amide bonds. The number of fused-ring (bicyclic) bond motifs is 1. The Morgan fingerprint density at radius 3 is 2.64 bits per heavy atom. The smallest absolute Gasteiger partial charge is 0.228 e. The van der Waals surface area contributed by atoms with Gasteiger partial charge in [-0.3, -0.25) is 4.79 Å². The van der Waals surface area contributed by atoms with Gasteiger partial charge in [0.05, 0.1) is 6.42 Å². The van der Waals surface area contributed by atoms with Gasteiger partial charge in [-0.15, -0.1) is 0 Å². The SMILES string of the molecule is Cc1cc(NC(=O)Cc2cccc3ccccc23)ccc1Br. The molecular formula is C19H16BrNO. The highest BCUT2D eigenvalue weighted by Gasteiger charge is 2.08. The largest absolute Gasteiger partial charge is 0.326 e. The Hall–Kier alpha value is -2.13. The molecule has 2 nitrogen and oxygen atoms in total. The van der Waals surface area contributed by atoms with Crippen LogP contribution in [0, 0.1) is 6.92 Å². The molecule has 110 valence electrons. The van der Waals surface area contributed by atoms with E-state index in [0.29, 0.717) is 6.42 Å². The van der Waals surface area contributed by atoms with E-state index in [1.807, 2.05) is 49.4 Å². The second kappa shape index (κ2) is 6.32. The molecule has 0 spiro atoms. The number of anilines is 1. The van der Waals surface area contributed by atoms with Gasteiger partial charge in [0.2, 0.25) is 5.91 Å². The normalized spacial score (nSPS) is 10.6. The molecule has 0 bridgehead atoms. The van der Waals surface area contributed by atoms with E-state index in [9.17, 15) is 4.79 Å². The average Bonchev–Trinajstić information content (AvgIpc) is 2.51. The van der Waals surface area contributed by atoms with Crippen molar-refractivity contribution in [3.63, 3.8) is 0 Å². The van der Waals surface area contributed by atoms with Crippen molar-refractivity contribution in [2.75, 3.05) is 5.32 Å². The standard InChI is InChI=1S/C19H16BrNO/c1-13-11-16(9-10-18(13)20)21-19(22)12-15-7-4-6-14-5-2-3-8-17(14)15/h2-11H,12H2,1H3,(H,21,22). The molecule has 0 aliphatic carbocycles. The lowest BCUT2D eigenvalue weighted by molar-refractivity contribution is -0.115. The maximum atomic E-state index is 12.3. The lowest BCUT2D eigenvalue weighted by atomic mass is 10.0. The summed E-state index contributed by atoms with van der Waals surface area (Å²) in [5.41, 5.74) is 2.97. The molecule has 0 aliphatic heterocycles. The van der Waals surface area contributed by atoms with E-state index in [1.165, 1.54) is 0 Å². The number of hydrogen-bond donors (Lipinski definition) is 1. The van der Waals surface area contributed by atoms with Crippen LogP contribution in [0.4, 0.5) is 5.69 Å². The number of amides is 1. The summed E-state index contributed by atoms with van der Waals surface area (Å²) in [6.45, 7) is 2.00. The topological polar surface area (TPSA) is 29.1 Å². The molecule has 0 aromatic heterocycles. The Morgan fingerprint density at radius 2 is 1.82 bits per heavy atom. The number of hydrogen-bond acceptors (Lipinski definition) is 1. The van der Waals surface area contributed by atoms with Crippen molar-refractivity contribution in [1.29, 1.82) is 0 Å². The van der Waals surface area contributed by atoms with Crippen molar-refractivity contribution in [3.05, 3.63) is 76.3 Å². The van der Waals surface area contributed by atoms with Gasteiger partial charge in [-0.2, -0.15) is 0 Å². The Balaban J connectivity index is 1.80. The zero-order chi connectivity index (χ0) is 15.5. The Kier molecular flexibility index (Phi) is 4.25. The molecule has 0 aliphatic rings. The summed E-state index contributed by atoms with van der Waals surface area (Å²) >= 11 is 3.46. The van der Waals surface area contributed by atoms with E-state index in [1.54, 1.807) is 0 Å². The van der Waals surface area contributed by atoms with Gasteiger partial charge in [-0.25, -0.2) is 0 Å². The molecule has 22 heavy (non-hydrogen) atoms. The highest BCUT2D eigenvalue weighted by molar-refractivity contribution is 9.10. The van der Waals surface area contributed by atoms with Gasteiger partial charge in [-0.1, -0.05) is 58.4 Å². The van der Waals surface area contributed by atoms with E-state index in [2.05, 4.69) is 39.4 Å². The van der Waals surface area contributed by atoms with E-state index in [0.717, 1.165) is 32.1 Å². The summed E-state index contributed by atoms with van der Waals surface area (Å²) in [5.74, 6) is -0.00178. The van der Waals surface area contributed by atoms with Gasteiger partial charge < -0.3 is 5.32 Å². The van der Waals surface area contributed by atoms with Gasteiger partial charge in [0, 0.05) is 10.2 Å². The number of carbonyl (C=O) groups excluding carboxylic acids is 1. The summed E-state index contributed by atoms with van der Waals surface area (Å²) in [7, 11) is 0. The highest BCUT2D eigenvalue weighted by atomic mass is 79.9. The monoisotopic (exact) mass is 353 g/mol. The zero-order valence-corrected chi connectivity index (χ0v) is 13.9. The number of nitrogens with one attached hydrogen (secondary N) is 1. The average molecular weight is 354 g/mol. The number of halogens is 1. The third kappa shape index (κ3) is 3.20. The first-order valence-electron chi connectivity index (χ1n) is 7.16. The van der Waals surface area contributed by atoms with Crippen molar-refractivity contribution < 1.29 is 4.79 Å². The highest BCUT2D eigenvalue weighted by Crippen LogP contribution is 2.21. The molecule has 0 saturated carbocycles. The third-order valence-corrected chi connectivity index (χ3v) is 4.56. The summed E-state index contributed by atoms with van der Waals surface area (Å²) in [4.78, 5) is 12.3. The van der Waals surface area contributed by atoms with Crippen LogP contribution >= 0.6 is 15.9 Å². The molecule has 0 atom stereocenters. The van der Waals surface area contributed by atoms with Crippen molar-refractivity contribution in [1.82, 2.24) is 0 Å². The molecule has 0 heterocycles. The van der Waals surface area contributed by atoms with Crippen LogP contribution in [-0.4, -0.2) is 5.91 Å². The van der Waals surface area contributed by atoms with Crippen LogP contribution in [0.15, 0.2) is 65.1 Å². The van der Waals surface area contributed by atoms with Gasteiger partial charge in [0.25, 0.3) is 0 Å². The molecule has 0 unspecified atom stereocenters. The van der Waals surface area contributed by atoms with Crippen LogP contribution < -0.4 is 5.32 Å². The molecule has 3 aromatic rings. The van der Waals surface area contributed by atoms with Crippen molar-refractivity contribution in [2.24, 2.45) is 0 Å². The molecule has 3 heteroatoms. The Bertz CT molecular complexity index is 836. The maximum Gasteiger partial charge on any atom is 0.228 e. The Morgan fingerprint density at radius 1 is 1.05 bits per heavy atom. The van der Waals surface area contributed by atoms with Gasteiger partial charge in [0.1, 0.15) is 0 Å². The first-order valence-corrected chi connectivity index (χ1v) is 7.95. The van der Waals surface area contributed by atoms with Crippen LogP contribution in [0.5, 0.6) is 0 Å². The van der Waals surface area contributed by atoms with Crippen LogP contribution in [-0.2, 0) is 11.2 Å². The van der Waals surface area contributed by atoms with Crippen molar-refractivity contribution in [3.8, 4) is 0 Å². The Labute approximate surface area is 138 Å². The number of aryl methyl sites for hydroxylation is 1. The van der Waals surface area contributed by atoms with Crippen LogP contribution in [0.2, 0.25) is 0 Å². The first kappa shape index (κ1) is 14.8. The second-order valence-corrected chi connectivity index (χ2v) is 6.18. The fourth-order valence-electron chi connectivity index (χ4n) is 2.55. The predicted octanol–water partition coefficient (Wildman–Crippen LogP) is 5.09. The molecular weight excluding hydrogens is 338 g/mol. The number of rotatable bonds is 3. The predicted molar refractivity (Wildman–Crippen MR) is 95.2 cm³/mol. The van der Waals surface area contributed by atoms with Crippen LogP contribution in [0.1, 0.15) is 11.1 Å². The molecule has 0 saturated heterocycles. The molecule has 0 fully saturated rings. The van der Waals surface area contributed by atoms with E-state index < -0.39 is 0 Å². The zero-order valence-electron chi connectivity index (χ0n) is 12.3. The number of benzene rings is 3. The summed E-state index contributed by atoms with van der Waals surface area (Å²) in [6.07, 6.45) is 0.371. The van der Waals surface area contributed by atoms with Crippen LogP contribution in [0.3, 0.4) is 0 Å². The second-order valence-electron chi connectivity index (χ2n) is 5.33.